The van der Waals surface area contributed by atoms with Gasteiger partial charge in [-0.1, -0.05) is 19.8 Å². The Morgan fingerprint density at radius 2 is 1.90 bits per heavy atom. The summed E-state index contributed by atoms with van der Waals surface area (Å²) in [7, 11) is 4.21. The minimum Gasteiger partial charge on any atom is -0.380 e. The van der Waals surface area contributed by atoms with Crippen LogP contribution in [0.2, 0.25) is 0 Å². The quantitative estimate of drug-likeness (QED) is 0.828. The third kappa shape index (κ3) is 3.17. The third-order valence-corrected chi connectivity index (χ3v) is 5.45. The Hall–Kier alpha value is -0.610. The number of hydrogen-bond donors (Lipinski definition) is 2. The fourth-order valence-corrected chi connectivity index (χ4v) is 3.95. The van der Waals surface area contributed by atoms with E-state index in [2.05, 4.69) is 31.2 Å². The van der Waals surface area contributed by atoms with Gasteiger partial charge in [-0.15, -0.1) is 0 Å². The number of nitrogens with zero attached hydrogens (tertiary/aromatic N) is 1. The molecule has 2 rings (SSSR count). The van der Waals surface area contributed by atoms with Gasteiger partial charge >= 0.3 is 0 Å². The van der Waals surface area contributed by atoms with Crippen molar-refractivity contribution in [1.82, 2.24) is 10.2 Å². The average Bonchev–Trinajstić information content (AvgIpc) is 2.84. The summed E-state index contributed by atoms with van der Waals surface area (Å²) in [5, 5.41) is 13.4. The van der Waals surface area contributed by atoms with Gasteiger partial charge in [0.15, 0.2) is 0 Å². The standard InChI is InChI=1S/C16H30N2O2/c1-13-7-6-8-15(11-13,18(2)3)12-17-14(19)16(20)9-4-5-10-16/h13,20H,4-12H2,1-3H3,(H,17,19). The highest BCUT2D eigenvalue weighted by Gasteiger charge is 2.42. The number of hydrogen-bond acceptors (Lipinski definition) is 3. The second-order valence-electron chi connectivity index (χ2n) is 7.24. The number of nitrogens with one attached hydrogen (secondary N) is 1. The molecule has 2 N–H and O–H groups in total. The van der Waals surface area contributed by atoms with Crippen molar-refractivity contribution in [2.24, 2.45) is 5.92 Å². The molecule has 20 heavy (non-hydrogen) atoms. The molecule has 0 heterocycles. The summed E-state index contributed by atoms with van der Waals surface area (Å²) >= 11 is 0. The van der Waals surface area contributed by atoms with Gasteiger partial charge in [0.2, 0.25) is 0 Å². The number of carbonyl (C=O) groups excluding carboxylic acids is 1. The second kappa shape index (κ2) is 6.02. The lowest BCUT2D eigenvalue weighted by atomic mass is 9.75. The lowest BCUT2D eigenvalue weighted by molar-refractivity contribution is -0.140. The number of amides is 1. The predicted octanol–water partition coefficient (Wildman–Crippen LogP) is 1.92. The van der Waals surface area contributed by atoms with E-state index in [4.69, 9.17) is 0 Å². The van der Waals surface area contributed by atoms with Crippen LogP contribution in [0.4, 0.5) is 0 Å². The van der Waals surface area contributed by atoms with Gasteiger partial charge in [-0.25, -0.2) is 0 Å². The van der Waals surface area contributed by atoms with Gasteiger partial charge in [-0.05, 0) is 58.5 Å². The van der Waals surface area contributed by atoms with Crippen molar-refractivity contribution >= 4 is 5.91 Å². The number of aliphatic hydroxyl groups is 1. The molecular weight excluding hydrogens is 252 g/mol. The van der Waals surface area contributed by atoms with Crippen LogP contribution in [0.5, 0.6) is 0 Å². The number of likely N-dealkylation sites (N-methyl/N-ethyl adjacent to an activating group) is 1. The van der Waals surface area contributed by atoms with E-state index >= 15 is 0 Å². The molecule has 2 aliphatic carbocycles. The third-order valence-electron chi connectivity index (χ3n) is 5.45. The first-order chi connectivity index (χ1) is 9.38. The van der Waals surface area contributed by atoms with Crippen molar-refractivity contribution in [3.8, 4) is 0 Å². The van der Waals surface area contributed by atoms with Gasteiger partial charge in [0.25, 0.3) is 5.91 Å². The summed E-state index contributed by atoms with van der Waals surface area (Å²) in [5.41, 5.74) is -1.05. The first kappa shape index (κ1) is 15.8. The summed E-state index contributed by atoms with van der Waals surface area (Å²) in [6.45, 7) is 2.95. The van der Waals surface area contributed by atoms with E-state index in [9.17, 15) is 9.90 Å². The van der Waals surface area contributed by atoms with Crippen molar-refractivity contribution in [2.45, 2.75) is 69.4 Å². The molecule has 0 aromatic carbocycles. The summed E-state index contributed by atoms with van der Waals surface area (Å²) in [6, 6.07) is 0. The van der Waals surface area contributed by atoms with E-state index in [0.29, 0.717) is 25.3 Å². The highest BCUT2D eigenvalue weighted by atomic mass is 16.3. The Bertz CT molecular complexity index is 350. The first-order valence-corrected chi connectivity index (χ1v) is 8.06. The summed E-state index contributed by atoms with van der Waals surface area (Å²) in [4.78, 5) is 14.5. The molecule has 2 fully saturated rings. The van der Waals surface area contributed by atoms with Crippen molar-refractivity contribution in [2.75, 3.05) is 20.6 Å². The van der Waals surface area contributed by atoms with Gasteiger partial charge in [-0.2, -0.15) is 0 Å². The molecule has 0 bridgehead atoms. The molecule has 4 nitrogen and oxygen atoms in total. The van der Waals surface area contributed by atoms with Gasteiger partial charge in [0.1, 0.15) is 5.60 Å². The molecule has 2 atom stereocenters. The molecule has 0 saturated heterocycles. The highest BCUT2D eigenvalue weighted by Crippen LogP contribution is 2.36. The molecule has 1 amide bonds. The minimum atomic E-state index is -1.10. The molecular formula is C16H30N2O2. The van der Waals surface area contributed by atoms with Gasteiger partial charge in [0.05, 0.1) is 0 Å². The SMILES string of the molecule is CC1CCCC(CNC(=O)C2(O)CCCC2)(N(C)C)C1. The predicted molar refractivity (Wildman–Crippen MR) is 80.5 cm³/mol. The lowest BCUT2D eigenvalue weighted by Crippen LogP contribution is -2.57. The first-order valence-electron chi connectivity index (χ1n) is 8.06. The Labute approximate surface area is 122 Å². The van der Waals surface area contributed by atoms with Crippen LogP contribution in [0.15, 0.2) is 0 Å². The van der Waals surface area contributed by atoms with Crippen LogP contribution in [-0.4, -0.2) is 47.7 Å². The van der Waals surface area contributed by atoms with Crippen LogP contribution < -0.4 is 5.32 Å². The van der Waals surface area contributed by atoms with Crippen molar-refractivity contribution < 1.29 is 9.90 Å². The Balaban J connectivity index is 1.97. The Kier molecular flexibility index (Phi) is 4.75. The van der Waals surface area contributed by atoms with Crippen molar-refractivity contribution in [3.05, 3.63) is 0 Å². The van der Waals surface area contributed by atoms with Gasteiger partial charge in [-0.3, -0.25) is 4.79 Å². The number of rotatable bonds is 4. The monoisotopic (exact) mass is 282 g/mol. The van der Waals surface area contributed by atoms with Crippen LogP contribution in [-0.2, 0) is 4.79 Å². The maximum atomic E-state index is 12.3. The topological polar surface area (TPSA) is 52.6 Å². The Morgan fingerprint density at radius 3 is 2.45 bits per heavy atom. The molecule has 0 aromatic rings. The molecule has 0 radical (unpaired) electrons. The van der Waals surface area contributed by atoms with Crippen LogP contribution in [0.25, 0.3) is 0 Å². The van der Waals surface area contributed by atoms with E-state index in [-0.39, 0.29) is 11.4 Å². The minimum absolute atomic E-state index is 0.0578. The van der Waals surface area contributed by atoms with Gasteiger partial charge in [0, 0.05) is 12.1 Å². The fraction of sp³-hybridized carbons (Fsp3) is 0.938. The molecule has 116 valence electrons. The van der Waals surface area contributed by atoms with Gasteiger partial charge < -0.3 is 15.3 Å². The molecule has 0 aromatic heterocycles. The average molecular weight is 282 g/mol. The summed E-state index contributed by atoms with van der Waals surface area (Å²) < 4.78 is 0. The molecule has 2 unspecified atom stereocenters. The van der Waals surface area contributed by atoms with Crippen molar-refractivity contribution in [1.29, 1.82) is 0 Å². The zero-order valence-electron chi connectivity index (χ0n) is 13.2. The van der Waals surface area contributed by atoms with Crippen LogP contribution in [0, 0.1) is 5.92 Å². The van der Waals surface area contributed by atoms with E-state index in [1.54, 1.807) is 0 Å². The fourth-order valence-electron chi connectivity index (χ4n) is 3.95. The van der Waals surface area contributed by atoms with Crippen LogP contribution in [0.1, 0.15) is 58.3 Å². The maximum Gasteiger partial charge on any atom is 0.252 e. The smallest absolute Gasteiger partial charge is 0.252 e. The van der Waals surface area contributed by atoms with E-state index in [1.807, 2.05) is 0 Å². The molecule has 4 heteroatoms. The van der Waals surface area contributed by atoms with Crippen LogP contribution >= 0.6 is 0 Å². The molecule has 0 aliphatic heterocycles. The molecule has 2 aliphatic rings. The molecule has 2 saturated carbocycles. The van der Waals surface area contributed by atoms with E-state index < -0.39 is 5.60 Å². The van der Waals surface area contributed by atoms with E-state index in [0.717, 1.165) is 25.7 Å². The van der Waals surface area contributed by atoms with E-state index in [1.165, 1.54) is 12.8 Å². The zero-order valence-corrected chi connectivity index (χ0v) is 13.2. The zero-order chi connectivity index (χ0) is 14.8. The number of carbonyl (C=O) groups is 1. The summed E-state index contributed by atoms with van der Waals surface area (Å²) in [5.74, 6) is 0.548. The largest absolute Gasteiger partial charge is 0.380 e. The summed E-state index contributed by atoms with van der Waals surface area (Å²) in [6.07, 6.45) is 7.91. The lowest BCUT2D eigenvalue weighted by Gasteiger charge is -2.45. The Morgan fingerprint density at radius 1 is 1.25 bits per heavy atom. The second-order valence-corrected chi connectivity index (χ2v) is 7.24. The molecule has 0 spiro atoms. The maximum absolute atomic E-state index is 12.3. The van der Waals surface area contributed by atoms with Crippen molar-refractivity contribution in [3.63, 3.8) is 0 Å². The highest BCUT2D eigenvalue weighted by molar-refractivity contribution is 5.85. The normalized spacial score (nSPS) is 33.4. The van der Waals surface area contributed by atoms with Crippen LogP contribution in [0.3, 0.4) is 0 Å².